The molecule has 0 atom stereocenters. The van der Waals surface area contributed by atoms with Crippen molar-refractivity contribution in [1.29, 1.82) is 0 Å². The van der Waals surface area contributed by atoms with Gasteiger partial charge in [-0.1, -0.05) is 51.8 Å². The molecule has 4 rings (SSSR count). The largest absolute Gasteiger partial charge is 0.507 e. The van der Waals surface area contributed by atoms with Crippen molar-refractivity contribution >= 4 is 50.7 Å². The number of nitrogens with zero attached hydrogens (tertiary/aromatic N) is 2. The van der Waals surface area contributed by atoms with Crippen LogP contribution in [0.4, 0.5) is 11.4 Å². The number of fused-ring (bicyclic) bond motifs is 1. The van der Waals surface area contributed by atoms with Crippen molar-refractivity contribution in [2.45, 2.75) is 6.92 Å². The Hall–Kier alpha value is -3.98. The van der Waals surface area contributed by atoms with Crippen molar-refractivity contribution in [2.24, 2.45) is 5.10 Å². The van der Waals surface area contributed by atoms with Gasteiger partial charge in [-0.2, -0.15) is 5.10 Å². The lowest BCUT2D eigenvalue weighted by atomic mass is 10.1. The monoisotopic (exact) mass is 506 g/mol. The molecule has 166 valence electrons. The number of anilines is 2. The quantitative estimate of drug-likeness (QED) is 0.459. The molecule has 0 aliphatic carbocycles. The van der Waals surface area contributed by atoms with Gasteiger partial charge in [-0.15, -0.1) is 0 Å². The summed E-state index contributed by atoms with van der Waals surface area (Å²) in [5.74, 6) is -1.79. The van der Waals surface area contributed by atoms with Gasteiger partial charge in [0.15, 0.2) is 5.71 Å². The number of hydrogen-bond acceptors (Lipinski definition) is 5. The van der Waals surface area contributed by atoms with Crippen LogP contribution in [0.3, 0.4) is 0 Å². The molecule has 1 aliphatic rings. The Balaban J connectivity index is 1.54. The Kier molecular flexibility index (Phi) is 6.23. The zero-order chi connectivity index (χ0) is 23.5. The van der Waals surface area contributed by atoms with Gasteiger partial charge in [0.1, 0.15) is 12.3 Å². The molecule has 3 aromatic rings. The first-order valence-electron chi connectivity index (χ1n) is 9.98. The molecule has 8 nitrogen and oxygen atoms in total. The minimum absolute atomic E-state index is 0.00166. The zero-order valence-electron chi connectivity index (χ0n) is 17.5. The van der Waals surface area contributed by atoms with Crippen molar-refractivity contribution < 1.29 is 19.5 Å². The summed E-state index contributed by atoms with van der Waals surface area (Å²) in [5.41, 5.74) is 5.01. The van der Waals surface area contributed by atoms with Crippen molar-refractivity contribution in [2.75, 3.05) is 16.8 Å². The number of phenols is 1. The molecular weight excluding hydrogens is 488 g/mol. The summed E-state index contributed by atoms with van der Waals surface area (Å²) in [6.45, 7) is 1.73. The number of carbonyl (C=O) groups excluding carboxylic acids is 3. The van der Waals surface area contributed by atoms with Crippen LogP contribution in [0.2, 0.25) is 0 Å². The summed E-state index contributed by atoms with van der Waals surface area (Å²) in [4.78, 5) is 39.5. The van der Waals surface area contributed by atoms with E-state index in [2.05, 4.69) is 31.8 Å². The van der Waals surface area contributed by atoms with Crippen LogP contribution >= 0.6 is 15.9 Å². The van der Waals surface area contributed by atoms with Crippen molar-refractivity contribution in [1.82, 2.24) is 5.43 Å². The van der Waals surface area contributed by atoms with Crippen LogP contribution < -0.4 is 15.6 Å². The van der Waals surface area contributed by atoms with Crippen molar-refractivity contribution in [3.05, 3.63) is 87.9 Å². The lowest BCUT2D eigenvalue weighted by molar-refractivity contribution is -0.118. The topological polar surface area (TPSA) is 111 Å². The van der Waals surface area contributed by atoms with E-state index in [-0.39, 0.29) is 29.5 Å². The minimum atomic E-state index is -0.679. The van der Waals surface area contributed by atoms with Crippen LogP contribution in [0.1, 0.15) is 21.5 Å². The van der Waals surface area contributed by atoms with E-state index in [1.165, 1.54) is 17.0 Å². The normalized spacial score (nSPS) is 13.7. The van der Waals surface area contributed by atoms with Gasteiger partial charge in [-0.05, 0) is 43.3 Å². The molecule has 33 heavy (non-hydrogen) atoms. The molecule has 0 bridgehead atoms. The van der Waals surface area contributed by atoms with E-state index in [4.69, 9.17) is 0 Å². The second-order valence-electron chi connectivity index (χ2n) is 7.39. The van der Waals surface area contributed by atoms with Gasteiger partial charge in [0.2, 0.25) is 5.91 Å². The molecule has 3 amide bonds. The predicted octanol–water partition coefficient (Wildman–Crippen LogP) is 3.58. The standard InChI is InChI=1S/C24H19BrN4O4/c1-14-6-9-16(10-7-14)26-21(31)13-29-19-5-3-2-4-17(19)22(24(29)33)27-28-23(32)18-12-15(25)8-11-20(18)30/h2-12,30H,13H2,1H3,(H,26,31)(H,28,32)/b27-22-. The molecule has 3 aromatic carbocycles. The molecule has 0 spiro atoms. The molecule has 1 heterocycles. The summed E-state index contributed by atoms with van der Waals surface area (Å²) >= 11 is 3.25. The fourth-order valence-corrected chi connectivity index (χ4v) is 3.73. The van der Waals surface area contributed by atoms with Crippen LogP contribution in [-0.2, 0) is 9.59 Å². The first-order chi connectivity index (χ1) is 15.8. The summed E-state index contributed by atoms with van der Waals surface area (Å²) in [5, 5.41) is 16.7. The Morgan fingerprint density at radius 2 is 1.79 bits per heavy atom. The number of hydrogen-bond donors (Lipinski definition) is 3. The third-order valence-electron chi connectivity index (χ3n) is 5.01. The highest BCUT2D eigenvalue weighted by Crippen LogP contribution is 2.29. The van der Waals surface area contributed by atoms with Gasteiger partial charge in [0.05, 0.1) is 11.3 Å². The highest BCUT2D eigenvalue weighted by molar-refractivity contribution is 9.10. The lowest BCUT2D eigenvalue weighted by Gasteiger charge is -2.16. The minimum Gasteiger partial charge on any atom is -0.507 e. The van der Waals surface area contributed by atoms with Crippen LogP contribution in [-0.4, -0.2) is 35.1 Å². The number of carbonyl (C=O) groups is 3. The summed E-state index contributed by atoms with van der Waals surface area (Å²) in [6, 6.07) is 18.6. The second-order valence-corrected chi connectivity index (χ2v) is 8.30. The maximum absolute atomic E-state index is 13.1. The first kappa shape index (κ1) is 22.2. The number of rotatable bonds is 5. The van der Waals surface area contributed by atoms with Crippen LogP contribution in [0.5, 0.6) is 5.75 Å². The van der Waals surface area contributed by atoms with E-state index < -0.39 is 11.8 Å². The molecule has 9 heteroatoms. The Labute approximate surface area is 198 Å². The molecular formula is C24H19BrN4O4. The predicted molar refractivity (Wildman–Crippen MR) is 128 cm³/mol. The summed E-state index contributed by atoms with van der Waals surface area (Å²) in [7, 11) is 0. The SMILES string of the molecule is Cc1ccc(NC(=O)CN2C(=O)/C(=N\NC(=O)c3cc(Br)ccc3O)c3ccccc32)cc1. The van der Waals surface area contributed by atoms with E-state index >= 15 is 0 Å². The first-order valence-corrected chi connectivity index (χ1v) is 10.8. The highest BCUT2D eigenvalue weighted by Gasteiger charge is 2.35. The van der Waals surface area contributed by atoms with Crippen molar-refractivity contribution in [3.8, 4) is 5.75 Å². The number of nitrogens with one attached hydrogen (secondary N) is 2. The highest BCUT2D eigenvalue weighted by atomic mass is 79.9. The molecule has 0 radical (unpaired) electrons. The fraction of sp³-hybridized carbons (Fsp3) is 0.0833. The number of halogens is 1. The molecule has 1 aliphatic heterocycles. The number of amides is 3. The molecule has 3 N–H and O–H groups in total. The summed E-state index contributed by atoms with van der Waals surface area (Å²) in [6.07, 6.45) is 0. The number of aromatic hydroxyl groups is 1. The number of aryl methyl sites for hydroxylation is 1. The Morgan fingerprint density at radius 1 is 1.06 bits per heavy atom. The number of benzene rings is 3. The van der Waals surface area contributed by atoms with E-state index in [0.29, 0.717) is 21.4 Å². The van der Waals surface area contributed by atoms with Crippen molar-refractivity contribution in [3.63, 3.8) is 0 Å². The number of para-hydroxylation sites is 1. The maximum atomic E-state index is 13.1. The Bertz CT molecular complexity index is 1290. The zero-order valence-corrected chi connectivity index (χ0v) is 19.1. The average Bonchev–Trinajstić information content (AvgIpc) is 3.06. The molecule has 0 fully saturated rings. The van der Waals surface area contributed by atoms with E-state index in [0.717, 1.165) is 5.56 Å². The third-order valence-corrected chi connectivity index (χ3v) is 5.50. The second kappa shape index (κ2) is 9.25. The van der Waals surface area contributed by atoms with E-state index in [1.807, 2.05) is 19.1 Å². The van der Waals surface area contributed by atoms with Gasteiger partial charge in [0, 0.05) is 15.7 Å². The van der Waals surface area contributed by atoms with Gasteiger partial charge < -0.3 is 10.4 Å². The lowest BCUT2D eigenvalue weighted by Crippen LogP contribution is -2.38. The maximum Gasteiger partial charge on any atom is 0.279 e. The summed E-state index contributed by atoms with van der Waals surface area (Å²) < 4.78 is 0.603. The molecule has 0 aromatic heterocycles. The van der Waals surface area contributed by atoms with Gasteiger partial charge >= 0.3 is 0 Å². The third kappa shape index (κ3) is 4.78. The van der Waals surface area contributed by atoms with Crippen LogP contribution in [0, 0.1) is 6.92 Å². The Morgan fingerprint density at radius 3 is 2.55 bits per heavy atom. The number of hydrazone groups is 1. The number of phenolic OH excluding ortho intramolecular Hbond substituents is 1. The average molecular weight is 507 g/mol. The molecule has 0 saturated heterocycles. The van der Waals surface area contributed by atoms with E-state index in [1.54, 1.807) is 42.5 Å². The molecule has 0 saturated carbocycles. The van der Waals surface area contributed by atoms with Crippen LogP contribution in [0.25, 0.3) is 0 Å². The van der Waals surface area contributed by atoms with Gasteiger partial charge in [-0.3, -0.25) is 19.3 Å². The fourth-order valence-electron chi connectivity index (χ4n) is 3.36. The smallest absolute Gasteiger partial charge is 0.279 e. The van der Waals surface area contributed by atoms with Gasteiger partial charge in [-0.25, -0.2) is 5.43 Å². The van der Waals surface area contributed by atoms with Gasteiger partial charge in [0.25, 0.3) is 11.8 Å². The van der Waals surface area contributed by atoms with E-state index in [9.17, 15) is 19.5 Å². The van der Waals surface area contributed by atoms with Crippen LogP contribution in [0.15, 0.2) is 76.3 Å². The molecule has 0 unspecified atom stereocenters.